The van der Waals surface area contributed by atoms with E-state index in [0.717, 1.165) is 12.8 Å². The fourth-order valence-corrected chi connectivity index (χ4v) is 2.14. The molecule has 1 aliphatic heterocycles. The molecule has 1 N–H and O–H groups in total. The standard InChI is InChI=1S/C13H15NO3/c15-9-11-7-4-8-14(11)13(17)12(16)10-5-2-1-3-6-10/h1-3,5-6,11,15H,4,7-9H2/t11-/m0/s1. The lowest BCUT2D eigenvalue weighted by Gasteiger charge is -2.21. The lowest BCUT2D eigenvalue weighted by atomic mass is 10.1. The number of carbonyl (C=O) groups excluding carboxylic acids is 2. The van der Waals surface area contributed by atoms with Crippen LogP contribution in [-0.2, 0) is 4.79 Å². The largest absolute Gasteiger partial charge is 0.394 e. The van der Waals surface area contributed by atoms with Crippen LogP contribution in [0.1, 0.15) is 23.2 Å². The third kappa shape index (κ3) is 2.36. The Morgan fingerprint density at radius 2 is 2.00 bits per heavy atom. The maximum absolute atomic E-state index is 12.0. The van der Waals surface area contributed by atoms with Crippen LogP contribution < -0.4 is 0 Å². The van der Waals surface area contributed by atoms with E-state index in [1.165, 1.54) is 4.90 Å². The molecule has 0 radical (unpaired) electrons. The molecule has 0 saturated carbocycles. The quantitative estimate of drug-likeness (QED) is 0.622. The van der Waals surface area contributed by atoms with Crippen molar-refractivity contribution in [3.8, 4) is 0 Å². The number of rotatable bonds is 3. The Bertz CT molecular complexity index is 416. The van der Waals surface area contributed by atoms with Crippen molar-refractivity contribution in [3.63, 3.8) is 0 Å². The van der Waals surface area contributed by atoms with Gasteiger partial charge in [0.2, 0.25) is 5.78 Å². The molecule has 0 aliphatic carbocycles. The SMILES string of the molecule is O=C(C(=O)N1CCC[C@H]1CO)c1ccccc1. The van der Waals surface area contributed by atoms with Crippen LogP contribution in [-0.4, -0.2) is 40.9 Å². The molecule has 1 atom stereocenters. The Labute approximate surface area is 99.9 Å². The molecule has 90 valence electrons. The topological polar surface area (TPSA) is 57.6 Å². The third-order valence-corrected chi connectivity index (χ3v) is 3.08. The molecule has 1 heterocycles. The highest BCUT2D eigenvalue weighted by Crippen LogP contribution is 2.18. The number of hydrogen-bond acceptors (Lipinski definition) is 3. The number of aliphatic hydroxyl groups is 1. The molecule has 0 spiro atoms. The van der Waals surface area contributed by atoms with E-state index in [2.05, 4.69) is 0 Å². The van der Waals surface area contributed by atoms with Crippen LogP contribution in [0, 0.1) is 0 Å². The second kappa shape index (κ2) is 5.10. The average Bonchev–Trinajstić information content (AvgIpc) is 2.86. The molecule has 0 unspecified atom stereocenters. The Morgan fingerprint density at radius 1 is 1.29 bits per heavy atom. The summed E-state index contributed by atoms with van der Waals surface area (Å²) in [6.07, 6.45) is 1.61. The van der Waals surface area contributed by atoms with Crippen molar-refractivity contribution >= 4 is 11.7 Å². The number of nitrogens with zero attached hydrogens (tertiary/aromatic N) is 1. The van der Waals surface area contributed by atoms with Crippen molar-refractivity contribution in [2.75, 3.05) is 13.2 Å². The number of benzene rings is 1. The van der Waals surface area contributed by atoms with E-state index < -0.39 is 11.7 Å². The minimum Gasteiger partial charge on any atom is -0.394 e. The number of hydrogen-bond donors (Lipinski definition) is 1. The lowest BCUT2D eigenvalue weighted by molar-refractivity contribution is -0.127. The molecule has 1 amide bonds. The van der Waals surface area contributed by atoms with Crippen LogP contribution in [0.3, 0.4) is 0 Å². The Hall–Kier alpha value is -1.68. The normalized spacial score (nSPS) is 19.4. The first kappa shape index (κ1) is 11.8. The van der Waals surface area contributed by atoms with Crippen molar-refractivity contribution in [3.05, 3.63) is 35.9 Å². The van der Waals surface area contributed by atoms with Crippen LogP contribution >= 0.6 is 0 Å². The predicted octanol–water partition coefficient (Wildman–Crippen LogP) is 0.853. The number of Topliss-reactive ketones (excluding diaryl/α,β-unsaturated/α-hetero) is 1. The van der Waals surface area contributed by atoms with E-state index in [4.69, 9.17) is 5.11 Å². The molecule has 1 fully saturated rings. The van der Waals surface area contributed by atoms with E-state index in [0.29, 0.717) is 12.1 Å². The molecule has 1 aliphatic rings. The first-order valence-corrected chi connectivity index (χ1v) is 5.75. The van der Waals surface area contributed by atoms with E-state index in [9.17, 15) is 9.59 Å². The van der Waals surface area contributed by atoms with E-state index in [1.54, 1.807) is 30.3 Å². The summed E-state index contributed by atoms with van der Waals surface area (Å²) in [6, 6.07) is 8.32. The molecular formula is C13H15NO3. The van der Waals surface area contributed by atoms with Crippen LogP contribution in [0.4, 0.5) is 0 Å². The maximum Gasteiger partial charge on any atom is 0.295 e. The van der Waals surface area contributed by atoms with Gasteiger partial charge in [-0.05, 0) is 12.8 Å². The van der Waals surface area contributed by atoms with Crippen LogP contribution in [0.5, 0.6) is 0 Å². The highest BCUT2D eigenvalue weighted by atomic mass is 16.3. The van der Waals surface area contributed by atoms with Gasteiger partial charge in [0.05, 0.1) is 12.6 Å². The molecule has 1 aromatic rings. The second-order valence-corrected chi connectivity index (χ2v) is 4.17. The third-order valence-electron chi connectivity index (χ3n) is 3.08. The summed E-state index contributed by atoms with van der Waals surface area (Å²) >= 11 is 0. The number of likely N-dealkylation sites (tertiary alicyclic amines) is 1. The van der Waals surface area contributed by atoms with Gasteiger partial charge in [0.1, 0.15) is 0 Å². The minimum absolute atomic E-state index is 0.0756. The highest BCUT2D eigenvalue weighted by molar-refractivity contribution is 6.42. The molecule has 4 nitrogen and oxygen atoms in total. The Morgan fingerprint density at radius 3 is 2.65 bits per heavy atom. The fourth-order valence-electron chi connectivity index (χ4n) is 2.14. The smallest absolute Gasteiger partial charge is 0.295 e. The molecule has 1 saturated heterocycles. The van der Waals surface area contributed by atoms with Gasteiger partial charge in [0.25, 0.3) is 5.91 Å². The monoisotopic (exact) mass is 233 g/mol. The summed E-state index contributed by atoms with van der Waals surface area (Å²) in [6.45, 7) is 0.483. The molecule has 2 rings (SSSR count). The summed E-state index contributed by atoms with van der Waals surface area (Å²) in [7, 11) is 0. The molecular weight excluding hydrogens is 218 g/mol. The fraction of sp³-hybridized carbons (Fsp3) is 0.385. The van der Waals surface area contributed by atoms with Gasteiger partial charge in [-0.15, -0.1) is 0 Å². The maximum atomic E-state index is 12.0. The van der Waals surface area contributed by atoms with Crippen molar-refractivity contribution in [1.29, 1.82) is 0 Å². The van der Waals surface area contributed by atoms with Crippen LogP contribution in [0.25, 0.3) is 0 Å². The summed E-state index contributed by atoms with van der Waals surface area (Å²) < 4.78 is 0. The van der Waals surface area contributed by atoms with Gasteiger partial charge in [-0.3, -0.25) is 9.59 Å². The molecule has 1 aromatic carbocycles. The highest BCUT2D eigenvalue weighted by Gasteiger charge is 2.32. The first-order chi connectivity index (χ1) is 8.24. The predicted molar refractivity (Wildman–Crippen MR) is 62.6 cm³/mol. The van der Waals surface area contributed by atoms with Gasteiger partial charge < -0.3 is 10.0 Å². The first-order valence-electron chi connectivity index (χ1n) is 5.75. The zero-order valence-electron chi connectivity index (χ0n) is 9.50. The summed E-state index contributed by atoms with van der Waals surface area (Å²) in [5.74, 6) is -1.00. The zero-order chi connectivity index (χ0) is 12.3. The molecule has 4 heteroatoms. The van der Waals surface area contributed by atoms with Gasteiger partial charge in [-0.25, -0.2) is 0 Å². The summed E-state index contributed by atoms with van der Waals surface area (Å²) in [5.41, 5.74) is 0.404. The number of ketones is 1. The zero-order valence-corrected chi connectivity index (χ0v) is 9.50. The number of carbonyl (C=O) groups is 2. The van der Waals surface area contributed by atoms with E-state index >= 15 is 0 Å². The van der Waals surface area contributed by atoms with Gasteiger partial charge in [-0.2, -0.15) is 0 Å². The van der Waals surface area contributed by atoms with E-state index in [1.807, 2.05) is 0 Å². The van der Waals surface area contributed by atoms with E-state index in [-0.39, 0.29) is 12.6 Å². The van der Waals surface area contributed by atoms with Gasteiger partial charge in [-0.1, -0.05) is 30.3 Å². The average molecular weight is 233 g/mol. The number of amides is 1. The summed E-state index contributed by atoms with van der Waals surface area (Å²) in [5, 5.41) is 9.13. The van der Waals surface area contributed by atoms with Gasteiger partial charge in [0, 0.05) is 12.1 Å². The van der Waals surface area contributed by atoms with Crippen molar-refractivity contribution in [2.45, 2.75) is 18.9 Å². The Kier molecular flexibility index (Phi) is 3.54. The van der Waals surface area contributed by atoms with Crippen molar-refractivity contribution in [1.82, 2.24) is 4.90 Å². The van der Waals surface area contributed by atoms with Crippen molar-refractivity contribution in [2.24, 2.45) is 0 Å². The molecule has 17 heavy (non-hydrogen) atoms. The van der Waals surface area contributed by atoms with Gasteiger partial charge in [0.15, 0.2) is 0 Å². The lowest BCUT2D eigenvalue weighted by Crippen LogP contribution is -2.41. The molecule has 0 bridgehead atoms. The van der Waals surface area contributed by atoms with Crippen LogP contribution in [0.2, 0.25) is 0 Å². The molecule has 0 aromatic heterocycles. The van der Waals surface area contributed by atoms with Crippen LogP contribution in [0.15, 0.2) is 30.3 Å². The summed E-state index contributed by atoms with van der Waals surface area (Å²) in [4.78, 5) is 25.4. The van der Waals surface area contributed by atoms with Gasteiger partial charge >= 0.3 is 0 Å². The van der Waals surface area contributed by atoms with Crippen molar-refractivity contribution < 1.29 is 14.7 Å². The number of aliphatic hydroxyl groups excluding tert-OH is 1. The minimum atomic E-state index is -0.507. The Balaban J connectivity index is 2.13. The second-order valence-electron chi connectivity index (χ2n) is 4.17.